The zero-order valence-electron chi connectivity index (χ0n) is 13.2. The molecule has 24 heavy (non-hydrogen) atoms. The molecule has 130 valence electrons. The first kappa shape index (κ1) is 16.7. The minimum Gasteiger partial charge on any atom is -0.462 e. The number of aliphatic hydroxyl groups excluding tert-OH is 1. The normalized spacial score (nSPS) is 28.2. The molecule has 2 fully saturated rings. The van der Waals surface area contributed by atoms with Gasteiger partial charge in [-0.1, -0.05) is 6.07 Å². The Bertz CT molecular complexity index is 622. The fraction of sp³-hybridized carbons (Fsp3) is 0.500. The second-order valence-electron chi connectivity index (χ2n) is 5.67. The molecule has 8 heteroatoms. The van der Waals surface area contributed by atoms with Crippen LogP contribution in [0.2, 0.25) is 0 Å². The van der Waals surface area contributed by atoms with Crippen LogP contribution in [0.3, 0.4) is 0 Å². The fourth-order valence-corrected chi connectivity index (χ4v) is 2.88. The average Bonchev–Trinajstić information content (AvgIpc) is 3.12. The Morgan fingerprint density at radius 2 is 2.08 bits per heavy atom. The van der Waals surface area contributed by atoms with Gasteiger partial charge in [0.05, 0.1) is 31.4 Å². The molecular formula is C16H20N2O6. The summed E-state index contributed by atoms with van der Waals surface area (Å²) in [5.74, 6) is -0.443. The summed E-state index contributed by atoms with van der Waals surface area (Å²) in [6, 6.07) is 5.72. The third-order valence-electron chi connectivity index (χ3n) is 3.98. The first-order chi connectivity index (χ1) is 11.6. The van der Waals surface area contributed by atoms with E-state index in [1.54, 1.807) is 31.2 Å². The Labute approximate surface area is 139 Å². The second kappa shape index (κ2) is 7.16. The lowest BCUT2D eigenvalue weighted by atomic mass is 10.1. The van der Waals surface area contributed by atoms with Gasteiger partial charge in [-0.15, -0.1) is 0 Å². The number of hydrogen-bond acceptors (Lipinski definition) is 6. The third-order valence-corrected chi connectivity index (χ3v) is 3.98. The van der Waals surface area contributed by atoms with E-state index in [0.29, 0.717) is 11.3 Å². The van der Waals surface area contributed by atoms with Gasteiger partial charge in [0, 0.05) is 5.69 Å². The number of amides is 2. The van der Waals surface area contributed by atoms with Crippen molar-refractivity contribution in [3.8, 4) is 0 Å². The molecule has 3 rings (SSSR count). The van der Waals surface area contributed by atoms with Crippen LogP contribution in [0.1, 0.15) is 17.3 Å². The van der Waals surface area contributed by atoms with Crippen molar-refractivity contribution in [1.82, 2.24) is 5.32 Å². The minimum absolute atomic E-state index is 0.205. The van der Waals surface area contributed by atoms with Crippen LogP contribution >= 0.6 is 0 Å². The highest BCUT2D eigenvalue weighted by Crippen LogP contribution is 2.27. The molecule has 0 aliphatic carbocycles. The Balaban J connectivity index is 1.57. The van der Waals surface area contributed by atoms with Gasteiger partial charge in [-0.05, 0) is 25.1 Å². The molecular weight excluding hydrogens is 316 g/mol. The predicted molar refractivity (Wildman–Crippen MR) is 83.8 cm³/mol. The number of anilines is 1. The number of hydrogen-bond donors (Lipinski definition) is 3. The minimum atomic E-state index is -0.661. The van der Waals surface area contributed by atoms with Crippen LogP contribution in [0, 0.1) is 0 Å². The molecule has 0 spiro atoms. The van der Waals surface area contributed by atoms with E-state index >= 15 is 0 Å². The van der Waals surface area contributed by atoms with Crippen molar-refractivity contribution < 1.29 is 28.9 Å². The average molecular weight is 336 g/mol. The monoisotopic (exact) mass is 336 g/mol. The summed E-state index contributed by atoms with van der Waals surface area (Å²) in [5.41, 5.74) is 0.835. The van der Waals surface area contributed by atoms with Crippen molar-refractivity contribution in [3.63, 3.8) is 0 Å². The molecule has 2 saturated heterocycles. The van der Waals surface area contributed by atoms with E-state index in [0.717, 1.165) is 0 Å². The summed E-state index contributed by atoms with van der Waals surface area (Å²) in [5, 5.41) is 15.1. The smallest absolute Gasteiger partial charge is 0.338 e. The summed E-state index contributed by atoms with van der Waals surface area (Å²) in [7, 11) is 0. The van der Waals surface area contributed by atoms with Crippen molar-refractivity contribution in [2.45, 2.75) is 31.3 Å². The maximum atomic E-state index is 12.1. The van der Waals surface area contributed by atoms with Crippen LogP contribution in [-0.2, 0) is 14.2 Å². The fourth-order valence-electron chi connectivity index (χ4n) is 2.88. The molecule has 0 bridgehead atoms. The molecule has 2 heterocycles. The van der Waals surface area contributed by atoms with Crippen LogP contribution in [-0.4, -0.2) is 61.3 Å². The summed E-state index contributed by atoms with van der Waals surface area (Å²) in [4.78, 5) is 23.8. The number of rotatable bonds is 4. The largest absolute Gasteiger partial charge is 0.462 e. The highest BCUT2D eigenvalue weighted by molar-refractivity contribution is 5.94. The highest BCUT2D eigenvalue weighted by Gasteiger charge is 2.47. The van der Waals surface area contributed by atoms with Crippen molar-refractivity contribution in [3.05, 3.63) is 29.8 Å². The van der Waals surface area contributed by atoms with E-state index in [-0.39, 0.29) is 32.0 Å². The molecule has 2 amide bonds. The first-order valence-electron chi connectivity index (χ1n) is 7.84. The van der Waals surface area contributed by atoms with E-state index in [4.69, 9.17) is 14.2 Å². The Morgan fingerprint density at radius 3 is 2.88 bits per heavy atom. The maximum absolute atomic E-state index is 12.1. The molecule has 4 unspecified atom stereocenters. The van der Waals surface area contributed by atoms with Crippen molar-refractivity contribution in [1.29, 1.82) is 0 Å². The molecule has 4 atom stereocenters. The molecule has 1 aromatic rings. The number of urea groups is 1. The predicted octanol–water partition coefficient (Wildman–Crippen LogP) is 0.512. The van der Waals surface area contributed by atoms with E-state index < -0.39 is 24.2 Å². The van der Waals surface area contributed by atoms with Crippen LogP contribution in [0.15, 0.2) is 24.3 Å². The summed E-state index contributed by atoms with van der Waals surface area (Å²) in [6.45, 7) is 2.50. The van der Waals surface area contributed by atoms with Gasteiger partial charge >= 0.3 is 12.0 Å². The molecule has 3 N–H and O–H groups in total. The van der Waals surface area contributed by atoms with Gasteiger partial charge in [0.25, 0.3) is 0 Å². The van der Waals surface area contributed by atoms with Gasteiger partial charge in [0.15, 0.2) is 0 Å². The number of fused-ring (bicyclic) bond motifs is 1. The Morgan fingerprint density at radius 1 is 1.29 bits per heavy atom. The van der Waals surface area contributed by atoms with Gasteiger partial charge in [-0.25, -0.2) is 9.59 Å². The molecule has 2 aliphatic heterocycles. The maximum Gasteiger partial charge on any atom is 0.338 e. The third kappa shape index (κ3) is 3.50. The topological polar surface area (TPSA) is 106 Å². The van der Waals surface area contributed by atoms with Crippen molar-refractivity contribution in [2.75, 3.05) is 25.1 Å². The number of carbonyl (C=O) groups is 2. The highest BCUT2D eigenvalue weighted by atomic mass is 16.6. The second-order valence-corrected chi connectivity index (χ2v) is 5.67. The number of carbonyl (C=O) groups excluding carboxylic acids is 2. The Hall–Kier alpha value is -2.16. The summed E-state index contributed by atoms with van der Waals surface area (Å²) < 4.78 is 15.8. The zero-order valence-corrected chi connectivity index (χ0v) is 13.2. The zero-order chi connectivity index (χ0) is 17.1. The lowest BCUT2D eigenvalue weighted by Gasteiger charge is -2.18. The SMILES string of the molecule is CCOC(=O)c1cccc(NC(=O)NC2COC3C(O)COC23)c1. The number of ether oxygens (including phenoxy) is 3. The van der Waals surface area contributed by atoms with E-state index in [2.05, 4.69) is 10.6 Å². The lowest BCUT2D eigenvalue weighted by Crippen LogP contribution is -2.46. The standard InChI is InChI=1S/C16H20N2O6/c1-2-22-15(20)9-4-3-5-10(6-9)17-16(21)18-11-7-23-14-12(19)8-24-13(11)14/h3-6,11-14,19H,2,7-8H2,1H3,(H2,17,18,21). The van der Waals surface area contributed by atoms with Crippen molar-refractivity contribution >= 4 is 17.7 Å². The Kier molecular flexibility index (Phi) is 4.98. The summed E-state index contributed by atoms with van der Waals surface area (Å²) >= 11 is 0. The lowest BCUT2D eigenvalue weighted by molar-refractivity contribution is 0.0180. The van der Waals surface area contributed by atoms with Crippen LogP contribution in [0.4, 0.5) is 10.5 Å². The van der Waals surface area contributed by atoms with Crippen LogP contribution in [0.25, 0.3) is 0 Å². The molecule has 0 aromatic heterocycles. The number of nitrogens with one attached hydrogen (secondary N) is 2. The molecule has 2 aliphatic rings. The van der Waals surface area contributed by atoms with E-state index in [1.807, 2.05) is 0 Å². The molecule has 8 nitrogen and oxygen atoms in total. The van der Waals surface area contributed by atoms with Gasteiger partial charge < -0.3 is 30.0 Å². The van der Waals surface area contributed by atoms with Gasteiger partial charge in [-0.2, -0.15) is 0 Å². The molecule has 0 saturated carbocycles. The van der Waals surface area contributed by atoms with E-state index in [1.165, 1.54) is 0 Å². The van der Waals surface area contributed by atoms with E-state index in [9.17, 15) is 14.7 Å². The van der Waals surface area contributed by atoms with Crippen LogP contribution < -0.4 is 10.6 Å². The van der Waals surface area contributed by atoms with Crippen molar-refractivity contribution in [2.24, 2.45) is 0 Å². The number of benzene rings is 1. The van der Waals surface area contributed by atoms with Gasteiger partial charge in [0.1, 0.15) is 18.3 Å². The number of aliphatic hydroxyl groups is 1. The first-order valence-corrected chi connectivity index (χ1v) is 7.84. The molecule has 1 aromatic carbocycles. The molecule has 0 radical (unpaired) electrons. The quantitative estimate of drug-likeness (QED) is 0.692. The van der Waals surface area contributed by atoms with Gasteiger partial charge in [0.2, 0.25) is 0 Å². The van der Waals surface area contributed by atoms with Gasteiger partial charge in [-0.3, -0.25) is 0 Å². The number of esters is 1. The summed E-state index contributed by atoms with van der Waals surface area (Å²) in [6.07, 6.45) is -1.41. The van der Waals surface area contributed by atoms with Crippen LogP contribution in [0.5, 0.6) is 0 Å².